The quantitative estimate of drug-likeness (QED) is 0.670. The van der Waals surface area contributed by atoms with Gasteiger partial charge in [-0.3, -0.25) is 9.59 Å². The molecule has 86 valence electrons. The van der Waals surface area contributed by atoms with Gasteiger partial charge in [-0.1, -0.05) is 0 Å². The Kier molecular flexibility index (Phi) is 3.21. The van der Waals surface area contributed by atoms with E-state index < -0.39 is 5.91 Å². The molecule has 0 fully saturated rings. The van der Waals surface area contributed by atoms with Crippen molar-refractivity contribution in [1.29, 1.82) is 0 Å². The molecule has 0 aromatic carbocycles. The van der Waals surface area contributed by atoms with Gasteiger partial charge in [-0.05, 0) is 24.9 Å². The van der Waals surface area contributed by atoms with Gasteiger partial charge in [0.1, 0.15) is 5.00 Å². The second kappa shape index (κ2) is 4.63. The molecule has 4 N–H and O–H groups in total. The molecule has 5 nitrogen and oxygen atoms in total. The van der Waals surface area contributed by atoms with Gasteiger partial charge in [0.15, 0.2) is 0 Å². The van der Waals surface area contributed by atoms with Gasteiger partial charge in [-0.2, -0.15) is 0 Å². The van der Waals surface area contributed by atoms with Crippen LogP contribution in [0.4, 0.5) is 5.00 Å². The number of anilines is 1. The first-order chi connectivity index (χ1) is 7.74. The Labute approximate surface area is 97.0 Å². The number of nitrogens with two attached hydrogens (primary N) is 1. The van der Waals surface area contributed by atoms with Crippen LogP contribution < -0.4 is 16.4 Å². The van der Waals surface area contributed by atoms with Gasteiger partial charge in [0.2, 0.25) is 6.41 Å². The van der Waals surface area contributed by atoms with Crippen LogP contribution in [0.5, 0.6) is 0 Å². The Bertz CT molecular complexity index is 428. The minimum absolute atomic E-state index is 0.469. The summed E-state index contributed by atoms with van der Waals surface area (Å²) in [6.45, 7) is 1.68. The van der Waals surface area contributed by atoms with Crippen LogP contribution >= 0.6 is 11.3 Å². The summed E-state index contributed by atoms with van der Waals surface area (Å²) >= 11 is 1.42. The molecule has 0 bridgehead atoms. The molecule has 0 aliphatic carbocycles. The highest BCUT2D eigenvalue weighted by Crippen LogP contribution is 2.34. The van der Waals surface area contributed by atoms with Gasteiger partial charge < -0.3 is 16.4 Å². The zero-order chi connectivity index (χ0) is 11.5. The standard InChI is InChI=1S/C10H13N3O2S/c11-9(15)8-6-2-1-3-12-4-7(6)16-10(8)13-5-14/h5,12H,1-4H2,(H2,11,15)(H,13,14). The van der Waals surface area contributed by atoms with Gasteiger partial charge in [0.05, 0.1) is 5.56 Å². The van der Waals surface area contributed by atoms with Crippen molar-refractivity contribution in [3.63, 3.8) is 0 Å². The lowest BCUT2D eigenvalue weighted by molar-refractivity contribution is -0.105. The van der Waals surface area contributed by atoms with E-state index >= 15 is 0 Å². The number of carbonyl (C=O) groups is 2. The molecule has 0 atom stereocenters. The van der Waals surface area contributed by atoms with Gasteiger partial charge in [-0.25, -0.2) is 0 Å². The maximum Gasteiger partial charge on any atom is 0.251 e. The second-order valence-corrected chi connectivity index (χ2v) is 4.72. The first-order valence-corrected chi connectivity index (χ1v) is 5.91. The topological polar surface area (TPSA) is 84.2 Å². The highest BCUT2D eigenvalue weighted by atomic mass is 32.1. The lowest BCUT2D eigenvalue weighted by Crippen LogP contribution is -2.14. The summed E-state index contributed by atoms with van der Waals surface area (Å²) in [5.74, 6) is -0.469. The monoisotopic (exact) mass is 239 g/mol. The van der Waals surface area contributed by atoms with E-state index in [9.17, 15) is 9.59 Å². The molecule has 2 heterocycles. The van der Waals surface area contributed by atoms with E-state index in [2.05, 4.69) is 10.6 Å². The van der Waals surface area contributed by atoms with E-state index in [4.69, 9.17) is 5.73 Å². The van der Waals surface area contributed by atoms with Crippen LogP contribution in [-0.4, -0.2) is 18.9 Å². The number of primary amides is 1. The second-order valence-electron chi connectivity index (χ2n) is 3.61. The fraction of sp³-hybridized carbons (Fsp3) is 0.400. The zero-order valence-electron chi connectivity index (χ0n) is 8.71. The molecule has 6 heteroatoms. The molecule has 16 heavy (non-hydrogen) atoms. The molecular weight excluding hydrogens is 226 g/mol. The maximum absolute atomic E-state index is 11.4. The van der Waals surface area contributed by atoms with E-state index in [0.717, 1.165) is 36.4 Å². The van der Waals surface area contributed by atoms with Gasteiger partial charge in [0.25, 0.3) is 5.91 Å². The first-order valence-electron chi connectivity index (χ1n) is 5.09. The Morgan fingerprint density at radius 2 is 2.38 bits per heavy atom. The molecule has 0 saturated heterocycles. The molecule has 0 spiro atoms. The summed E-state index contributed by atoms with van der Waals surface area (Å²) in [6.07, 6.45) is 2.38. The number of hydrogen-bond donors (Lipinski definition) is 3. The Morgan fingerprint density at radius 1 is 1.56 bits per heavy atom. The van der Waals surface area contributed by atoms with E-state index in [1.165, 1.54) is 11.3 Å². The number of fused-ring (bicyclic) bond motifs is 1. The van der Waals surface area contributed by atoms with Crippen molar-refractivity contribution < 1.29 is 9.59 Å². The van der Waals surface area contributed by atoms with E-state index in [0.29, 0.717) is 17.0 Å². The average molecular weight is 239 g/mol. The Hall–Kier alpha value is -1.40. The number of nitrogens with one attached hydrogen (secondary N) is 2. The zero-order valence-corrected chi connectivity index (χ0v) is 9.52. The Morgan fingerprint density at radius 3 is 3.06 bits per heavy atom. The van der Waals surface area contributed by atoms with E-state index in [1.54, 1.807) is 0 Å². The van der Waals surface area contributed by atoms with Crippen molar-refractivity contribution >= 4 is 28.7 Å². The highest BCUT2D eigenvalue weighted by Gasteiger charge is 2.22. The first kappa shape index (κ1) is 11.1. The molecule has 1 aromatic heterocycles. The van der Waals surface area contributed by atoms with Crippen LogP contribution in [0.2, 0.25) is 0 Å². The lowest BCUT2D eigenvalue weighted by Gasteiger charge is -2.01. The van der Waals surface area contributed by atoms with Crippen LogP contribution in [0.25, 0.3) is 0 Å². The summed E-state index contributed by atoms with van der Waals surface area (Å²) < 4.78 is 0. The predicted octanol–water partition coefficient (Wildman–Crippen LogP) is 0.451. The highest BCUT2D eigenvalue weighted by molar-refractivity contribution is 7.16. The summed E-state index contributed by atoms with van der Waals surface area (Å²) in [4.78, 5) is 22.9. The summed E-state index contributed by atoms with van der Waals surface area (Å²) in [6, 6.07) is 0. The Balaban J connectivity index is 2.48. The van der Waals surface area contributed by atoms with Crippen LogP contribution in [0, 0.1) is 0 Å². The third-order valence-electron chi connectivity index (χ3n) is 2.59. The van der Waals surface area contributed by atoms with Crippen molar-refractivity contribution in [2.45, 2.75) is 19.4 Å². The molecule has 1 aliphatic rings. The summed E-state index contributed by atoms with van der Waals surface area (Å²) in [7, 11) is 0. The van der Waals surface area contributed by atoms with Crippen LogP contribution in [0.15, 0.2) is 0 Å². The van der Waals surface area contributed by atoms with Crippen molar-refractivity contribution in [2.24, 2.45) is 5.73 Å². The van der Waals surface area contributed by atoms with Crippen molar-refractivity contribution in [3.8, 4) is 0 Å². The van der Waals surface area contributed by atoms with Crippen LogP contribution in [-0.2, 0) is 17.8 Å². The van der Waals surface area contributed by atoms with Crippen molar-refractivity contribution in [2.75, 3.05) is 11.9 Å². The fourth-order valence-electron chi connectivity index (χ4n) is 1.93. The van der Waals surface area contributed by atoms with Crippen molar-refractivity contribution in [3.05, 3.63) is 16.0 Å². The molecule has 0 radical (unpaired) electrons. The average Bonchev–Trinajstić information content (AvgIpc) is 2.43. The number of carbonyl (C=O) groups excluding carboxylic acids is 2. The van der Waals surface area contributed by atoms with Crippen molar-refractivity contribution in [1.82, 2.24) is 5.32 Å². The molecule has 0 unspecified atom stereocenters. The molecule has 2 amide bonds. The normalized spacial score (nSPS) is 15.0. The number of hydrogen-bond acceptors (Lipinski definition) is 4. The third-order valence-corrected chi connectivity index (χ3v) is 3.76. The minimum Gasteiger partial charge on any atom is -0.365 e. The third kappa shape index (κ3) is 1.94. The smallest absolute Gasteiger partial charge is 0.251 e. The molecular formula is C10H13N3O2S. The predicted molar refractivity (Wildman–Crippen MR) is 62.6 cm³/mol. The SMILES string of the molecule is NC(=O)c1c(NC=O)sc2c1CCCNC2. The van der Waals surface area contributed by atoms with Gasteiger partial charge >= 0.3 is 0 Å². The maximum atomic E-state index is 11.4. The molecule has 2 rings (SSSR count). The van der Waals surface area contributed by atoms with E-state index in [-0.39, 0.29) is 0 Å². The largest absolute Gasteiger partial charge is 0.365 e. The number of amides is 2. The fourth-order valence-corrected chi connectivity index (χ4v) is 3.11. The molecule has 1 aromatic rings. The number of rotatable bonds is 3. The molecule has 1 aliphatic heterocycles. The van der Waals surface area contributed by atoms with Crippen LogP contribution in [0.1, 0.15) is 27.2 Å². The van der Waals surface area contributed by atoms with E-state index in [1.807, 2.05) is 0 Å². The van der Waals surface area contributed by atoms with Gasteiger partial charge in [0, 0.05) is 11.4 Å². The molecule has 0 saturated carbocycles. The lowest BCUT2D eigenvalue weighted by atomic mass is 10.1. The summed E-state index contributed by atoms with van der Waals surface area (Å²) in [5.41, 5.74) is 6.83. The number of thiophene rings is 1. The minimum atomic E-state index is -0.469. The van der Waals surface area contributed by atoms with Crippen LogP contribution in [0.3, 0.4) is 0 Å². The summed E-state index contributed by atoms with van der Waals surface area (Å²) in [5, 5.41) is 6.38. The van der Waals surface area contributed by atoms with Gasteiger partial charge in [-0.15, -0.1) is 11.3 Å².